The van der Waals surface area contributed by atoms with Gasteiger partial charge in [0, 0.05) is 18.8 Å². The van der Waals surface area contributed by atoms with Gasteiger partial charge in [0.1, 0.15) is 11.3 Å². The third kappa shape index (κ3) is 4.05. The molecule has 0 bridgehead atoms. The number of amides is 2. The number of aromatic nitrogens is 2. The lowest BCUT2D eigenvalue weighted by Crippen LogP contribution is -2.31. The Hall–Kier alpha value is -3.45. The van der Waals surface area contributed by atoms with Crippen LogP contribution in [0.5, 0.6) is 5.75 Å². The summed E-state index contributed by atoms with van der Waals surface area (Å²) in [4.78, 5) is 23.1. The number of rotatable bonds is 5. The van der Waals surface area contributed by atoms with Crippen LogP contribution in [0.3, 0.4) is 0 Å². The van der Waals surface area contributed by atoms with Gasteiger partial charge < -0.3 is 9.64 Å². The van der Waals surface area contributed by atoms with Crippen LogP contribution >= 0.6 is 11.3 Å². The molecule has 0 fully saturated rings. The number of thiazole rings is 1. The van der Waals surface area contributed by atoms with E-state index in [2.05, 4.69) is 27.4 Å². The van der Waals surface area contributed by atoms with E-state index in [1.165, 1.54) is 11.3 Å². The van der Waals surface area contributed by atoms with Crippen LogP contribution in [0.2, 0.25) is 0 Å². The van der Waals surface area contributed by atoms with Gasteiger partial charge in [0.05, 0.1) is 24.0 Å². The summed E-state index contributed by atoms with van der Waals surface area (Å²) in [5, 5.41) is 3.42. The van der Waals surface area contributed by atoms with Crippen LogP contribution < -0.4 is 10.1 Å². The Morgan fingerprint density at radius 2 is 1.90 bits per heavy atom. The van der Waals surface area contributed by atoms with E-state index < -0.39 is 0 Å². The standard InChI is InChI=1S/C22H20N4O2S/c1-26(14-16-10-6-7-13-23-16)22(27)25-21-24-19-18(28-2)12-11-17(20(19)29-21)15-8-4-3-5-9-15/h3-13H,14H2,1-2H3,(H,24,25,27). The fraction of sp³-hybridized carbons (Fsp3) is 0.136. The number of anilines is 1. The predicted octanol–water partition coefficient (Wildman–Crippen LogP) is 5.03. The second kappa shape index (κ2) is 8.28. The average molecular weight is 404 g/mol. The van der Waals surface area contributed by atoms with Crippen LogP contribution in [-0.4, -0.2) is 35.1 Å². The van der Waals surface area contributed by atoms with Gasteiger partial charge in [-0.1, -0.05) is 47.7 Å². The first kappa shape index (κ1) is 18.9. The molecule has 0 atom stereocenters. The van der Waals surface area contributed by atoms with Crippen molar-refractivity contribution in [3.8, 4) is 16.9 Å². The molecule has 4 rings (SSSR count). The van der Waals surface area contributed by atoms with Gasteiger partial charge in [-0.25, -0.2) is 9.78 Å². The van der Waals surface area contributed by atoms with Crippen molar-refractivity contribution < 1.29 is 9.53 Å². The van der Waals surface area contributed by atoms with Crippen LogP contribution in [0.4, 0.5) is 9.93 Å². The molecule has 0 radical (unpaired) electrons. The summed E-state index contributed by atoms with van der Waals surface area (Å²) in [6.45, 7) is 0.413. The van der Waals surface area contributed by atoms with E-state index in [1.54, 1.807) is 25.3 Å². The molecular weight excluding hydrogens is 384 g/mol. The Morgan fingerprint density at radius 1 is 1.10 bits per heavy atom. The van der Waals surface area contributed by atoms with E-state index >= 15 is 0 Å². The smallest absolute Gasteiger partial charge is 0.323 e. The van der Waals surface area contributed by atoms with Crippen LogP contribution in [0.25, 0.3) is 21.3 Å². The topological polar surface area (TPSA) is 67.3 Å². The molecule has 0 aliphatic rings. The number of fused-ring (bicyclic) bond motifs is 1. The van der Waals surface area contributed by atoms with Gasteiger partial charge in [0.15, 0.2) is 5.13 Å². The molecule has 0 aliphatic heterocycles. The lowest BCUT2D eigenvalue weighted by molar-refractivity contribution is 0.220. The SMILES string of the molecule is COc1ccc(-c2ccccc2)c2sc(NC(=O)N(C)Cc3ccccn3)nc12. The fourth-order valence-corrected chi connectivity index (χ4v) is 4.05. The molecule has 7 heteroatoms. The minimum atomic E-state index is -0.241. The molecule has 146 valence electrons. The molecule has 0 saturated carbocycles. The number of carbonyl (C=O) groups is 1. The van der Waals surface area contributed by atoms with Crippen molar-refractivity contribution in [1.29, 1.82) is 0 Å². The van der Waals surface area contributed by atoms with Gasteiger partial charge in [-0.2, -0.15) is 0 Å². The zero-order valence-corrected chi connectivity index (χ0v) is 16.9. The summed E-state index contributed by atoms with van der Waals surface area (Å²) < 4.78 is 6.45. The molecule has 2 aromatic heterocycles. The molecule has 0 spiro atoms. The number of nitrogens with zero attached hydrogens (tertiary/aromatic N) is 3. The van der Waals surface area contributed by atoms with Crippen molar-refractivity contribution in [3.05, 3.63) is 72.6 Å². The molecule has 1 N–H and O–H groups in total. The van der Waals surface area contributed by atoms with Gasteiger partial charge in [-0.05, 0) is 29.8 Å². The van der Waals surface area contributed by atoms with Crippen molar-refractivity contribution in [2.75, 3.05) is 19.5 Å². The number of ether oxygens (including phenoxy) is 1. The highest BCUT2D eigenvalue weighted by molar-refractivity contribution is 7.23. The van der Waals surface area contributed by atoms with Gasteiger partial charge in [-0.15, -0.1) is 0 Å². The summed E-state index contributed by atoms with van der Waals surface area (Å²) in [7, 11) is 3.35. The predicted molar refractivity (Wildman–Crippen MR) is 116 cm³/mol. The quantitative estimate of drug-likeness (QED) is 0.507. The maximum Gasteiger partial charge on any atom is 0.323 e. The number of nitrogens with one attached hydrogen (secondary N) is 1. The molecular formula is C22H20N4O2S. The summed E-state index contributed by atoms with van der Waals surface area (Å²) in [6.07, 6.45) is 1.71. The van der Waals surface area contributed by atoms with Gasteiger partial charge in [-0.3, -0.25) is 10.3 Å². The summed E-state index contributed by atoms with van der Waals surface area (Å²) >= 11 is 1.43. The highest BCUT2D eigenvalue weighted by Crippen LogP contribution is 2.39. The number of pyridine rings is 1. The van der Waals surface area contributed by atoms with E-state index in [9.17, 15) is 4.79 Å². The van der Waals surface area contributed by atoms with Crippen molar-refractivity contribution in [2.24, 2.45) is 0 Å². The molecule has 2 aromatic carbocycles. The van der Waals surface area contributed by atoms with E-state index in [1.807, 2.05) is 48.5 Å². The van der Waals surface area contributed by atoms with E-state index in [0.29, 0.717) is 17.4 Å². The van der Waals surface area contributed by atoms with Crippen molar-refractivity contribution >= 4 is 32.7 Å². The Morgan fingerprint density at radius 3 is 2.62 bits per heavy atom. The number of hydrogen-bond acceptors (Lipinski definition) is 5. The molecule has 0 saturated heterocycles. The lowest BCUT2D eigenvalue weighted by Gasteiger charge is -2.16. The van der Waals surface area contributed by atoms with Crippen LogP contribution in [0, 0.1) is 0 Å². The number of methoxy groups -OCH3 is 1. The molecule has 2 amide bonds. The first-order valence-corrected chi connectivity index (χ1v) is 9.92. The minimum Gasteiger partial charge on any atom is -0.494 e. The Kier molecular flexibility index (Phi) is 5.39. The first-order valence-electron chi connectivity index (χ1n) is 9.10. The second-order valence-electron chi connectivity index (χ2n) is 6.49. The Bertz CT molecular complexity index is 1130. The highest BCUT2D eigenvalue weighted by Gasteiger charge is 2.17. The average Bonchev–Trinajstić information content (AvgIpc) is 3.17. The number of carbonyl (C=O) groups excluding carboxylic acids is 1. The third-order valence-corrected chi connectivity index (χ3v) is 5.50. The maximum atomic E-state index is 12.6. The largest absolute Gasteiger partial charge is 0.494 e. The van der Waals surface area contributed by atoms with Crippen molar-refractivity contribution in [1.82, 2.24) is 14.9 Å². The van der Waals surface area contributed by atoms with Crippen molar-refractivity contribution in [3.63, 3.8) is 0 Å². The number of urea groups is 1. The molecule has 29 heavy (non-hydrogen) atoms. The maximum absolute atomic E-state index is 12.6. The normalized spacial score (nSPS) is 10.7. The molecule has 0 aliphatic carbocycles. The molecule has 0 unspecified atom stereocenters. The summed E-state index contributed by atoms with van der Waals surface area (Å²) in [5.41, 5.74) is 3.71. The highest BCUT2D eigenvalue weighted by atomic mass is 32.1. The van der Waals surface area contributed by atoms with Gasteiger partial charge in [0.25, 0.3) is 0 Å². The zero-order valence-electron chi connectivity index (χ0n) is 16.1. The van der Waals surface area contributed by atoms with Gasteiger partial charge in [0.2, 0.25) is 0 Å². The van der Waals surface area contributed by atoms with E-state index in [4.69, 9.17) is 4.74 Å². The number of hydrogen-bond donors (Lipinski definition) is 1. The van der Waals surface area contributed by atoms with E-state index in [0.717, 1.165) is 27.0 Å². The van der Waals surface area contributed by atoms with E-state index in [-0.39, 0.29) is 6.03 Å². The number of benzene rings is 2. The monoisotopic (exact) mass is 404 g/mol. The Balaban J connectivity index is 1.62. The second-order valence-corrected chi connectivity index (χ2v) is 7.48. The summed E-state index contributed by atoms with van der Waals surface area (Å²) in [5.74, 6) is 0.679. The Labute approximate surface area is 172 Å². The molecule has 4 aromatic rings. The third-order valence-electron chi connectivity index (χ3n) is 4.50. The fourth-order valence-electron chi connectivity index (χ4n) is 3.04. The lowest BCUT2D eigenvalue weighted by atomic mass is 10.1. The summed E-state index contributed by atoms with van der Waals surface area (Å²) in [6, 6.07) is 19.4. The van der Waals surface area contributed by atoms with Crippen LogP contribution in [0.1, 0.15) is 5.69 Å². The molecule has 2 heterocycles. The van der Waals surface area contributed by atoms with Crippen LogP contribution in [0.15, 0.2) is 66.9 Å². The van der Waals surface area contributed by atoms with Crippen molar-refractivity contribution in [2.45, 2.75) is 6.54 Å². The van der Waals surface area contributed by atoms with Gasteiger partial charge >= 0.3 is 6.03 Å². The zero-order chi connectivity index (χ0) is 20.2. The first-order chi connectivity index (χ1) is 14.2. The van der Waals surface area contributed by atoms with Crippen LogP contribution in [-0.2, 0) is 6.54 Å². The molecule has 6 nitrogen and oxygen atoms in total. The minimum absolute atomic E-state index is 0.241.